The molecule has 0 aliphatic heterocycles. The maximum atomic E-state index is 12.3. The highest BCUT2D eigenvalue weighted by Crippen LogP contribution is 2.10. The highest BCUT2D eigenvalue weighted by molar-refractivity contribution is 5.96. The van der Waals surface area contributed by atoms with E-state index >= 15 is 0 Å². The molecule has 27 heavy (non-hydrogen) atoms. The number of nitrogens with two attached hydrogens (primary N) is 1. The number of para-hydroxylation sites is 1. The molecular formula is C19H20N6O2. The van der Waals surface area contributed by atoms with Crippen molar-refractivity contribution in [3.63, 3.8) is 0 Å². The monoisotopic (exact) mass is 364 g/mol. The molecule has 0 saturated carbocycles. The van der Waals surface area contributed by atoms with Gasteiger partial charge in [-0.05, 0) is 24.6 Å². The summed E-state index contributed by atoms with van der Waals surface area (Å²) in [5.74, 6) is -0.716. The largest absolute Gasteiger partial charge is 0.382 e. The predicted molar refractivity (Wildman–Crippen MR) is 102 cm³/mol. The molecule has 1 aromatic heterocycles. The van der Waals surface area contributed by atoms with Crippen LogP contribution in [0.5, 0.6) is 0 Å². The first-order chi connectivity index (χ1) is 13.0. The zero-order chi connectivity index (χ0) is 19.2. The number of nitrogens with zero attached hydrogens (tertiary/aromatic N) is 3. The highest BCUT2D eigenvalue weighted by Gasteiger charge is 2.18. The Bertz CT molecular complexity index is 935. The van der Waals surface area contributed by atoms with Gasteiger partial charge in [0.25, 0.3) is 5.91 Å². The number of aryl methyl sites for hydroxylation is 1. The molecule has 0 fully saturated rings. The average molecular weight is 364 g/mol. The molecule has 2 aromatic carbocycles. The van der Waals surface area contributed by atoms with Crippen LogP contribution in [-0.2, 0) is 17.9 Å². The maximum Gasteiger partial charge on any atom is 0.275 e. The summed E-state index contributed by atoms with van der Waals surface area (Å²) in [7, 11) is 0. The lowest BCUT2D eigenvalue weighted by Crippen LogP contribution is -2.25. The molecule has 8 nitrogen and oxygen atoms in total. The molecule has 138 valence electrons. The first-order valence-electron chi connectivity index (χ1n) is 8.40. The fourth-order valence-corrected chi connectivity index (χ4v) is 2.43. The third kappa shape index (κ3) is 4.69. The number of amides is 2. The van der Waals surface area contributed by atoms with Gasteiger partial charge in [0.2, 0.25) is 5.91 Å². The highest BCUT2D eigenvalue weighted by atomic mass is 16.2. The number of aromatic nitrogens is 3. The van der Waals surface area contributed by atoms with Crippen LogP contribution in [0.25, 0.3) is 0 Å². The number of nitrogens with one attached hydrogen (secondary N) is 2. The minimum absolute atomic E-state index is 0.00498. The smallest absolute Gasteiger partial charge is 0.275 e. The van der Waals surface area contributed by atoms with E-state index in [-0.39, 0.29) is 24.0 Å². The van der Waals surface area contributed by atoms with E-state index in [9.17, 15) is 9.59 Å². The van der Waals surface area contributed by atoms with E-state index < -0.39 is 5.91 Å². The second-order valence-electron chi connectivity index (χ2n) is 6.06. The van der Waals surface area contributed by atoms with Crippen molar-refractivity contribution in [1.29, 1.82) is 0 Å². The van der Waals surface area contributed by atoms with Gasteiger partial charge in [0, 0.05) is 12.2 Å². The SMILES string of the molecule is Cc1ccc(CNC(=O)c2nnn(CC(=O)Nc3ccccc3)c2N)cc1. The van der Waals surface area contributed by atoms with Crippen molar-refractivity contribution in [2.45, 2.75) is 20.0 Å². The van der Waals surface area contributed by atoms with Crippen molar-refractivity contribution >= 4 is 23.3 Å². The van der Waals surface area contributed by atoms with Gasteiger partial charge in [-0.25, -0.2) is 4.68 Å². The molecule has 0 saturated heterocycles. The molecule has 0 aliphatic rings. The Morgan fingerprint density at radius 3 is 2.48 bits per heavy atom. The lowest BCUT2D eigenvalue weighted by Gasteiger charge is -2.06. The summed E-state index contributed by atoms with van der Waals surface area (Å²) in [4.78, 5) is 24.4. The predicted octanol–water partition coefficient (Wildman–Crippen LogP) is 1.74. The summed E-state index contributed by atoms with van der Waals surface area (Å²) < 4.78 is 1.19. The van der Waals surface area contributed by atoms with E-state index in [2.05, 4.69) is 20.9 Å². The molecule has 8 heteroatoms. The molecule has 0 radical (unpaired) electrons. The van der Waals surface area contributed by atoms with Gasteiger partial charge in [-0.2, -0.15) is 0 Å². The van der Waals surface area contributed by atoms with Gasteiger partial charge in [0.1, 0.15) is 6.54 Å². The number of rotatable bonds is 6. The Kier molecular flexibility index (Phi) is 5.46. The minimum Gasteiger partial charge on any atom is -0.382 e. The number of hydrogen-bond acceptors (Lipinski definition) is 5. The van der Waals surface area contributed by atoms with E-state index in [0.717, 1.165) is 11.1 Å². The molecular weight excluding hydrogens is 344 g/mol. The third-order valence-electron chi connectivity index (χ3n) is 3.91. The van der Waals surface area contributed by atoms with Gasteiger partial charge in [0.15, 0.2) is 11.5 Å². The van der Waals surface area contributed by atoms with Gasteiger partial charge in [-0.15, -0.1) is 5.10 Å². The van der Waals surface area contributed by atoms with E-state index in [1.54, 1.807) is 12.1 Å². The van der Waals surface area contributed by atoms with Crippen LogP contribution in [0.4, 0.5) is 11.5 Å². The van der Waals surface area contributed by atoms with Crippen molar-refractivity contribution in [2.24, 2.45) is 0 Å². The standard InChI is InChI=1S/C19H20N6O2/c1-13-7-9-14(10-8-13)11-21-19(27)17-18(20)25(24-23-17)12-16(26)22-15-5-3-2-4-6-15/h2-10H,11-12,20H2,1H3,(H,21,27)(H,22,26). The summed E-state index contributed by atoms with van der Waals surface area (Å²) in [5, 5.41) is 13.1. The number of carbonyl (C=O) groups is 2. The Morgan fingerprint density at radius 1 is 1.07 bits per heavy atom. The molecule has 1 heterocycles. The molecule has 0 atom stereocenters. The van der Waals surface area contributed by atoms with Crippen LogP contribution < -0.4 is 16.4 Å². The maximum absolute atomic E-state index is 12.3. The van der Waals surface area contributed by atoms with Crippen molar-refractivity contribution in [1.82, 2.24) is 20.3 Å². The molecule has 0 spiro atoms. The van der Waals surface area contributed by atoms with Crippen LogP contribution >= 0.6 is 0 Å². The van der Waals surface area contributed by atoms with E-state index in [4.69, 9.17) is 5.73 Å². The fraction of sp³-hybridized carbons (Fsp3) is 0.158. The second kappa shape index (κ2) is 8.13. The van der Waals surface area contributed by atoms with Crippen molar-refractivity contribution in [3.8, 4) is 0 Å². The zero-order valence-corrected chi connectivity index (χ0v) is 14.8. The summed E-state index contributed by atoms with van der Waals surface area (Å²) >= 11 is 0. The van der Waals surface area contributed by atoms with E-state index in [0.29, 0.717) is 12.2 Å². The topological polar surface area (TPSA) is 115 Å². The van der Waals surface area contributed by atoms with Gasteiger partial charge < -0.3 is 16.4 Å². The molecule has 2 amide bonds. The van der Waals surface area contributed by atoms with Crippen LogP contribution in [0.15, 0.2) is 54.6 Å². The minimum atomic E-state index is -0.442. The molecule has 0 bridgehead atoms. The molecule has 4 N–H and O–H groups in total. The molecule has 3 rings (SSSR count). The quantitative estimate of drug-likeness (QED) is 0.616. The first kappa shape index (κ1) is 18.1. The Labute approximate surface area is 156 Å². The first-order valence-corrected chi connectivity index (χ1v) is 8.40. The van der Waals surface area contributed by atoms with E-state index in [1.807, 2.05) is 49.4 Å². The number of nitrogen functional groups attached to an aromatic ring is 1. The molecule has 0 aliphatic carbocycles. The van der Waals surface area contributed by atoms with Crippen molar-refractivity contribution in [2.75, 3.05) is 11.1 Å². The van der Waals surface area contributed by atoms with Gasteiger partial charge in [0.05, 0.1) is 0 Å². The normalized spacial score (nSPS) is 10.4. The lowest BCUT2D eigenvalue weighted by atomic mass is 10.1. The second-order valence-corrected chi connectivity index (χ2v) is 6.06. The Hall–Kier alpha value is -3.68. The Morgan fingerprint density at radius 2 is 1.78 bits per heavy atom. The summed E-state index contributed by atoms with van der Waals surface area (Å²) in [6, 6.07) is 16.8. The van der Waals surface area contributed by atoms with Crippen molar-refractivity contribution in [3.05, 3.63) is 71.4 Å². The number of carbonyl (C=O) groups excluding carboxylic acids is 2. The Balaban J connectivity index is 1.59. The summed E-state index contributed by atoms with van der Waals surface area (Å²) in [5.41, 5.74) is 8.70. The summed E-state index contributed by atoms with van der Waals surface area (Å²) in [6.45, 7) is 2.20. The van der Waals surface area contributed by atoms with Crippen LogP contribution in [-0.4, -0.2) is 26.8 Å². The number of hydrogen-bond donors (Lipinski definition) is 3. The number of anilines is 2. The van der Waals surface area contributed by atoms with Crippen LogP contribution in [0, 0.1) is 6.92 Å². The zero-order valence-electron chi connectivity index (χ0n) is 14.8. The van der Waals surface area contributed by atoms with Crippen LogP contribution in [0.3, 0.4) is 0 Å². The third-order valence-corrected chi connectivity index (χ3v) is 3.91. The molecule has 0 unspecified atom stereocenters. The van der Waals surface area contributed by atoms with Gasteiger partial charge in [-0.1, -0.05) is 53.2 Å². The van der Waals surface area contributed by atoms with Crippen LogP contribution in [0.2, 0.25) is 0 Å². The lowest BCUT2D eigenvalue weighted by molar-refractivity contribution is -0.116. The average Bonchev–Trinajstić information content (AvgIpc) is 3.02. The van der Waals surface area contributed by atoms with Gasteiger partial charge in [-0.3, -0.25) is 9.59 Å². The van der Waals surface area contributed by atoms with Gasteiger partial charge >= 0.3 is 0 Å². The summed E-state index contributed by atoms with van der Waals surface area (Å²) in [6.07, 6.45) is 0. The molecule has 3 aromatic rings. The van der Waals surface area contributed by atoms with Crippen LogP contribution in [0.1, 0.15) is 21.6 Å². The van der Waals surface area contributed by atoms with Crippen molar-refractivity contribution < 1.29 is 9.59 Å². The number of benzene rings is 2. The fourth-order valence-electron chi connectivity index (χ4n) is 2.43. The van der Waals surface area contributed by atoms with E-state index in [1.165, 1.54) is 4.68 Å².